The van der Waals surface area contributed by atoms with Gasteiger partial charge in [-0.3, -0.25) is 4.90 Å². The Labute approximate surface area is 204 Å². The van der Waals surface area contributed by atoms with Crippen molar-refractivity contribution >= 4 is 35.1 Å². The van der Waals surface area contributed by atoms with Gasteiger partial charge < -0.3 is 9.64 Å². The second-order valence-corrected chi connectivity index (χ2v) is 9.81. The summed E-state index contributed by atoms with van der Waals surface area (Å²) in [4.78, 5) is 24.1. The molecule has 2 heterocycles. The molecule has 1 aliphatic heterocycles. The monoisotopic (exact) mass is 481 g/mol. The lowest BCUT2D eigenvalue weighted by atomic mass is 10.2. The van der Waals surface area contributed by atoms with Gasteiger partial charge in [-0.25, -0.2) is 9.78 Å². The average molecular weight is 482 g/mol. The summed E-state index contributed by atoms with van der Waals surface area (Å²) in [6.07, 6.45) is 1.58. The first-order chi connectivity index (χ1) is 16.0. The molecule has 1 aromatic heterocycles. The molecule has 4 rings (SSSR count). The molecule has 0 unspecified atom stereocenters. The minimum atomic E-state index is -0.316. The fourth-order valence-electron chi connectivity index (χ4n) is 3.81. The molecule has 0 aliphatic carbocycles. The summed E-state index contributed by atoms with van der Waals surface area (Å²) in [6, 6.07) is 20.1. The van der Waals surface area contributed by atoms with E-state index in [1.165, 1.54) is 15.4 Å². The molecule has 3 aromatic rings. The predicted molar refractivity (Wildman–Crippen MR) is 134 cm³/mol. The Bertz CT molecular complexity index is 1080. The predicted octanol–water partition coefficient (Wildman–Crippen LogP) is 5.77. The number of nitrogens with zero attached hydrogens (tertiary/aromatic N) is 3. The number of aromatic nitrogens is 1. The zero-order valence-electron chi connectivity index (χ0n) is 18.9. The number of rotatable bonds is 7. The van der Waals surface area contributed by atoms with Gasteiger partial charge in [0.25, 0.3) is 0 Å². The van der Waals surface area contributed by atoms with Crippen LogP contribution in [0.3, 0.4) is 0 Å². The second-order valence-electron chi connectivity index (χ2n) is 8.26. The summed E-state index contributed by atoms with van der Waals surface area (Å²) in [5.74, 6) is 0.394. The molecule has 0 N–H and O–H groups in total. The number of piperazine rings is 1. The molecule has 0 atom stereocenters. The lowest BCUT2D eigenvalue weighted by molar-refractivity contribution is 0.0378. The highest BCUT2D eigenvalue weighted by Gasteiger charge is 2.24. The van der Waals surface area contributed by atoms with Gasteiger partial charge in [-0.2, -0.15) is 0 Å². The molecule has 0 spiro atoms. The first-order valence-corrected chi connectivity index (χ1v) is 12.3. The molecule has 2 aromatic carbocycles. The van der Waals surface area contributed by atoms with Gasteiger partial charge in [0, 0.05) is 53.7 Å². The smallest absolute Gasteiger partial charge is 0.342 e. The highest BCUT2D eigenvalue weighted by molar-refractivity contribution is 7.99. The third-order valence-corrected chi connectivity index (χ3v) is 6.81. The Morgan fingerprint density at radius 3 is 2.48 bits per heavy atom. The van der Waals surface area contributed by atoms with Crippen LogP contribution in [-0.2, 0) is 11.3 Å². The van der Waals surface area contributed by atoms with Crippen molar-refractivity contribution in [2.45, 2.75) is 36.3 Å². The zero-order chi connectivity index (χ0) is 23.2. The largest absolute Gasteiger partial charge is 0.459 e. The van der Waals surface area contributed by atoms with Gasteiger partial charge in [0.2, 0.25) is 0 Å². The van der Waals surface area contributed by atoms with Crippen molar-refractivity contribution in [3.8, 4) is 0 Å². The number of anilines is 1. The number of carbonyl (C=O) groups excluding carboxylic acids is 1. The highest BCUT2D eigenvalue weighted by atomic mass is 35.5. The van der Waals surface area contributed by atoms with Crippen molar-refractivity contribution < 1.29 is 9.53 Å². The molecule has 1 fully saturated rings. The maximum Gasteiger partial charge on any atom is 0.342 e. The van der Waals surface area contributed by atoms with Crippen LogP contribution in [0.2, 0.25) is 5.02 Å². The van der Waals surface area contributed by atoms with Crippen molar-refractivity contribution in [1.82, 2.24) is 9.88 Å². The summed E-state index contributed by atoms with van der Waals surface area (Å²) < 4.78 is 5.41. The third kappa shape index (κ3) is 6.28. The number of halogens is 1. The quantitative estimate of drug-likeness (QED) is 0.399. The molecule has 1 aliphatic rings. The van der Waals surface area contributed by atoms with E-state index in [0.717, 1.165) is 37.7 Å². The van der Waals surface area contributed by atoms with Gasteiger partial charge in [0.05, 0.1) is 6.10 Å². The number of carbonyl (C=O) groups is 1. The topological polar surface area (TPSA) is 45.7 Å². The van der Waals surface area contributed by atoms with Gasteiger partial charge in [0.15, 0.2) is 0 Å². The fraction of sp³-hybridized carbons (Fsp3) is 0.308. The van der Waals surface area contributed by atoms with Crippen molar-refractivity contribution in [2.75, 3.05) is 31.1 Å². The molecule has 0 saturated carbocycles. The number of esters is 1. The van der Waals surface area contributed by atoms with Crippen molar-refractivity contribution in [2.24, 2.45) is 0 Å². The van der Waals surface area contributed by atoms with Crippen LogP contribution in [0, 0.1) is 0 Å². The normalized spacial score (nSPS) is 14.5. The van der Waals surface area contributed by atoms with E-state index in [1.807, 2.05) is 26.0 Å². The first kappa shape index (κ1) is 23.6. The fourth-order valence-corrected chi connectivity index (χ4v) is 4.87. The summed E-state index contributed by atoms with van der Waals surface area (Å²) in [5, 5.41) is 0.749. The molecule has 5 nitrogen and oxygen atoms in total. The van der Waals surface area contributed by atoms with E-state index in [4.69, 9.17) is 16.3 Å². The minimum absolute atomic E-state index is 0.159. The number of hydrogen-bond donors (Lipinski definition) is 0. The lowest BCUT2D eigenvalue weighted by Gasteiger charge is -2.36. The summed E-state index contributed by atoms with van der Waals surface area (Å²) >= 11 is 7.79. The molecule has 7 heteroatoms. The third-order valence-electron chi connectivity index (χ3n) is 5.43. The molecule has 0 bridgehead atoms. The van der Waals surface area contributed by atoms with E-state index < -0.39 is 0 Å². The van der Waals surface area contributed by atoms with E-state index >= 15 is 0 Å². The Hall–Kier alpha value is -2.54. The van der Waals surface area contributed by atoms with Crippen molar-refractivity contribution in [3.63, 3.8) is 0 Å². The number of benzene rings is 2. The molecule has 0 amide bonds. The van der Waals surface area contributed by atoms with Crippen LogP contribution in [0.25, 0.3) is 0 Å². The van der Waals surface area contributed by atoms with Gasteiger partial charge in [-0.05, 0) is 61.9 Å². The van der Waals surface area contributed by atoms with Gasteiger partial charge in [-0.1, -0.05) is 41.6 Å². The van der Waals surface area contributed by atoms with E-state index in [9.17, 15) is 4.79 Å². The van der Waals surface area contributed by atoms with Crippen molar-refractivity contribution in [1.29, 1.82) is 0 Å². The summed E-state index contributed by atoms with van der Waals surface area (Å²) in [6.45, 7) is 8.02. The van der Waals surface area contributed by atoms with Gasteiger partial charge in [-0.15, -0.1) is 0 Å². The Morgan fingerprint density at radius 1 is 1.03 bits per heavy atom. The first-order valence-electron chi connectivity index (χ1n) is 11.1. The van der Waals surface area contributed by atoms with E-state index in [1.54, 1.807) is 30.1 Å². The number of pyridine rings is 1. The van der Waals surface area contributed by atoms with Crippen LogP contribution >= 0.6 is 23.4 Å². The zero-order valence-corrected chi connectivity index (χ0v) is 20.5. The Balaban J connectivity index is 1.40. The lowest BCUT2D eigenvalue weighted by Crippen LogP contribution is -2.46. The van der Waals surface area contributed by atoms with Crippen LogP contribution in [0.15, 0.2) is 76.7 Å². The maximum atomic E-state index is 12.5. The molecular formula is C26H28ClN3O2S. The number of hydrogen-bond acceptors (Lipinski definition) is 6. The number of ether oxygens (including phenoxy) is 1. The summed E-state index contributed by atoms with van der Waals surface area (Å²) in [7, 11) is 0. The Kier molecular flexibility index (Phi) is 7.91. The van der Waals surface area contributed by atoms with E-state index in [0.29, 0.717) is 11.4 Å². The van der Waals surface area contributed by atoms with Gasteiger partial charge >= 0.3 is 5.97 Å². The van der Waals surface area contributed by atoms with Crippen LogP contribution in [0.4, 0.5) is 5.82 Å². The molecule has 1 saturated heterocycles. The van der Waals surface area contributed by atoms with Crippen LogP contribution in [-0.4, -0.2) is 48.1 Å². The van der Waals surface area contributed by atoms with Crippen molar-refractivity contribution in [3.05, 3.63) is 83.0 Å². The molecule has 172 valence electrons. The van der Waals surface area contributed by atoms with E-state index in [-0.39, 0.29) is 12.1 Å². The average Bonchev–Trinajstić information content (AvgIpc) is 2.82. The van der Waals surface area contributed by atoms with Gasteiger partial charge in [0.1, 0.15) is 11.4 Å². The van der Waals surface area contributed by atoms with E-state index in [2.05, 4.69) is 51.2 Å². The highest BCUT2D eigenvalue weighted by Crippen LogP contribution is 2.32. The van der Waals surface area contributed by atoms with Crippen LogP contribution < -0.4 is 4.90 Å². The standard InChI is InChI=1S/C26H28ClN3O2S/c1-19(2)32-26(31)23-7-5-13-28-25(23)30-16-14-29(15-17-30)18-20-6-3-4-8-24(20)33-22-11-9-21(27)10-12-22/h3-13,19H,14-18H2,1-2H3. The van der Waals surface area contributed by atoms with Crippen LogP contribution in [0.1, 0.15) is 29.8 Å². The van der Waals surface area contributed by atoms with Crippen LogP contribution in [0.5, 0.6) is 0 Å². The SMILES string of the molecule is CC(C)OC(=O)c1cccnc1N1CCN(Cc2ccccc2Sc2ccc(Cl)cc2)CC1. The molecule has 33 heavy (non-hydrogen) atoms. The maximum absolute atomic E-state index is 12.5. The molecule has 0 radical (unpaired) electrons. The minimum Gasteiger partial charge on any atom is -0.459 e. The molecular weight excluding hydrogens is 454 g/mol. The summed E-state index contributed by atoms with van der Waals surface area (Å²) in [5.41, 5.74) is 1.84. The second kappa shape index (κ2) is 11.1. The Morgan fingerprint density at radius 2 is 1.76 bits per heavy atom.